The van der Waals surface area contributed by atoms with Crippen LogP contribution < -0.4 is 23.7 Å². The fourth-order valence-corrected chi connectivity index (χ4v) is 6.55. The van der Waals surface area contributed by atoms with Crippen molar-refractivity contribution in [2.45, 2.75) is 76.1 Å². The van der Waals surface area contributed by atoms with Gasteiger partial charge in [0.2, 0.25) is 5.75 Å². The summed E-state index contributed by atoms with van der Waals surface area (Å²) in [5.74, 6) is 0.804. The highest BCUT2D eigenvalue weighted by Gasteiger charge is 2.37. The lowest BCUT2D eigenvalue weighted by atomic mass is 9.99. The number of methoxy groups -OCH3 is 4. The zero-order valence-corrected chi connectivity index (χ0v) is 29.0. The van der Waals surface area contributed by atoms with E-state index in [1.54, 1.807) is 18.2 Å². The third-order valence-electron chi connectivity index (χ3n) is 7.69. The SMILES string of the molecule is CCCOc1c(OC)cc(C(O)CCC(=O)c2cc(OC)c(OC)c(OC)c2)cc1S(=O)(=O)CCO[Si](C)(C)C(C)(C)C. The van der Waals surface area contributed by atoms with Gasteiger partial charge < -0.3 is 33.2 Å². The minimum atomic E-state index is -3.90. The maximum absolute atomic E-state index is 13.6. The minimum absolute atomic E-state index is 0.0291. The molecular formula is C31H48O10SSi. The summed E-state index contributed by atoms with van der Waals surface area (Å²) in [6, 6.07) is 6.06. The van der Waals surface area contributed by atoms with Gasteiger partial charge >= 0.3 is 0 Å². The molecule has 1 unspecified atom stereocenters. The fourth-order valence-electron chi connectivity index (χ4n) is 4.07. The second-order valence-corrected chi connectivity index (χ2v) is 18.6. The van der Waals surface area contributed by atoms with Crippen molar-refractivity contribution in [1.82, 2.24) is 0 Å². The molecule has 1 N–H and O–H groups in total. The van der Waals surface area contributed by atoms with Crippen LogP contribution in [0.1, 0.15) is 69.0 Å². The highest BCUT2D eigenvalue weighted by atomic mass is 32.2. The quantitative estimate of drug-likeness (QED) is 0.162. The number of ketones is 1. The average molecular weight is 641 g/mol. The van der Waals surface area contributed by atoms with Gasteiger partial charge in [0.1, 0.15) is 4.90 Å². The predicted octanol–water partition coefficient (Wildman–Crippen LogP) is 6.00. The Morgan fingerprint density at radius 3 is 1.93 bits per heavy atom. The second kappa shape index (κ2) is 15.3. The van der Waals surface area contributed by atoms with Crippen LogP contribution in [-0.4, -0.2) is 75.0 Å². The second-order valence-electron chi connectivity index (χ2n) is 11.7. The van der Waals surface area contributed by atoms with E-state index in [9.17, 15) is 18.3 Å². The van der Waals surface area contributed by atoms with E-state index in [4.69, 9.17) is 28.1 Å². The number of aliphatic hydroxyl groups is 1. The number of ether oxygens (including phenoxy) is 5. The van der Waals surface area contributed by atoms with Gasteiger partial charge in [-0.3, -0.25) is 4.79 Å². The van der Waals surface area contributed by atoms with Gasteiger partial charge in [-0.05, 0) is 60.8 Å². The third-order valence-corrected chi connectivity index (χ3v) is 13.9. The van der Waals surface area contributed by atoms with Crippen molar-refractivity contribution in [2.75, 3.05) is 47.4 Å². The minimum Gasteiger partial charge on any atom is -0.493 e. The monoisotopic (exact) mass is 640 g/mol. The molecule has 0 spiro atoms. The fraction of sp³-hybridized carbons (Fsp3) is 0.581. The summed E-state index contributed by atoms with van der Waals surface area (Å²) in [5, 5.41) is 11.0. The van der Waals surface area contributed by atoms with E-state index < -0.39 is 24.3 Å². The Labute approximate surface area is 257 Å². The van der Waals surface area contributed by atoms with Crippen LogP contribution in [-0.2, 0) is 14.3 Å². The summed E-state index contributed by atoms with van der Waals surface area (Å²) < 4.78 is 60.8. The molecule has 0 aromatic heterocycles. The maximum Gasteiger partial charge on any atom is 0.203 e. The van der Waals surface area contributed by atoms with Crippen molar-refractivity contribution >= 4 is 23.9 Å². The number of benzene rings is 2. The van der Waals surface area contributed by atoms with Crippen LogP contribution in [0.5, 0.6) is 28.7 Å². The lowest BCUT2D eigenvalue weighted by Crippen LogP contribution is -2.41. The van der Waals surface area contributed by atoms with Crippen LogP contribution in [0.4, 0.5) is 0 Å². The molecule has 12 heteroatoms. The van der Waals surface area contributed by atoms with E-state index in [-0.39, 0.29) is 59.0 Å². The Morgan fingerprint density at radius 1 is 0.884 bits per heavy atom. The van der Waals surface area contributed by atoms with Gasteiger partial charge in [0.15, 0.2) is 46.9 Å². The molecule has 0 bridgehead atoms. The molecule has 2 aromatic rings. The van der Waals surface area contributed by atoms with E-state index in [1.165, 1.54) is 34.5 Å². The van der Waals surface area contributed by atoms with Gasteiger partial charge in [-0.2, -0.15) is 0 Å². The van der Waals surface area contributed by atoms with Gasteiger partial charge in [-0.25, -0.2) is 8.42 Å². The molecule has 242 valence electrons. The van der Waals surface area contributed by atoms with E-state index >= 15 is 0 Å². The molecule has 0 aliphatic heterocycles. The molecule has 0 saturated carbocycles. The zero-order valence-electron chi connectivity index (χ0n) is 27.2. The number of hydrogen-bond acceptors (Lipinski definition) is 10. The van der Waals surface area contributed by atoms with Gasteiger partial charge in [-0.15, -0.1) is 0 Å². The zero-order chi connectivity index (χ0) is 32.6. The Hall–Kier alpha value is -2.80. The third kappa shape index (κ3) is 9.10. The van der Waals surface area contributed by atoms with E-state index in [1.807, 2.05) is 6.92 Å². The topological polar surface area (TPSA) is 127 Å². The number of sulfone groups is 1. The van der Waals surface area contributed by atoms with Crippen molar-refractivity contribution < 1.29 is 46.4 Å². The van der Waals surface area contributed by atoms with Gasteiger partial charge in [-0.1, -0.05) is 27.7 Å². The van der Waals surface area contributed by atoms with Crippen LogP contribution in [0.3, 0.4) is 0 Å². The van der Waals surface area contributed by atoms with Crippen LogP contribution >= 0.6 is 0 Å². The smallest absolute Gasteiger partial charge is 0.203 e. The van der Waals surface area contributed by atoms with Crippen molar-refractivity contribution in [3.05, 3.63) is 35.4 Å². The lowest BCUT2D eigenvalue weighted by Gasteiger charge is -2.36. The molecule has 10 nitrogen and oxygen atoms in total. The molecule has 1 atom stereocenters. The number of carbonyl (C=O) groups excluding carboxylic acids is 1. The molecule has 2 rings (SSSR count). The van der Waals surface area contributed by atoms with Crippen LogP contribution in [0.15, 0.2) is 29.2 Å². The van der Waals surface area contributed by atoms with Crippen molar-refractivity contribution in [3.63, 3.8) is 0 Å². The van der Waals surface area contributed by atoms with E-state index in [2.05, 4.69) is 33.9 Å². The first-order chi connectivity index (χ1) is 20.1. The Morgan fingerprint density at radius 2 is 1.44 bits per heavy atom. The Bertz CT molecular complexity index is 1320. The average Bonchev–Trinajstić information content (AvgIpc) is 2.96. The standard InChI is InChI=1S/C31H48O10SSi/c1-11-14-40-30-27(38-7)19-22(20-28(30)42(34,35)16-15-41-43(9,10)31(2,3)4)24(33)13-12-23(32)21-17-25(36-5)29(39-8)26(18-21)37-6/h17-20,24,33H,11-16H2,1-10H3. The summed E-state index contributed by atoms with van der Waals surface area (Å²) in [7, 11) is -0.264. The van der Waals surface area contributed by atoms with Crippen LogP contribution in [0, 0.1) is 0 Å². The molecule has 0 aliphatic rings. The van der Waals surface area contributed by atoms with Crippen molar-refractivity contribution in [2.24, 2.45) is 0 Å². The first kappa shape index (κ1) is 36.4. The Balaban J connectivity index is 2.37. The molecule has 0 radical (unpaired) electrons. The van der Waals surface area contributed by atoms with Crippen LogP contribution in [0.2, 0.25) is 18.1 Å². The predicted molar refractivity (Wildman–Crippen MR) is 169 cm³/mol. The molecule has 0 fully saturated rings. The van der Waals surface area contributed by atoms with E-state index in [0.717, 1.165) is 0 Å². The summed E-state index contributed by atoms with van der Waals surface area (Å²) >= 11 is 0. The first-order valence-corrected chi connectivity index (χ1v) is 18.9. The molecule has 0 aliphatic carbocycles. The molecule has 0 saturated heterocycles. The molecule has 2 aromatic carbocycles. The largest absolute Gasteiger partial charge is 0.493 e. The summed E-state index contributed by atoms with van der Waals surface area (Å²) in [6.45, 7) is 12.6. The number of aliphatic hydroxyl groups excluding tert-OH is 1. The summed E-state index contributed by atoms with van der Waals surface area (Å²) in [6.07, 6.45) is -0.497. The summed E-state index contributed by atoms with van der Waals surface area (Å²) in [4.78, 5) is 13.0. The van der Waals surface area contributed by atoms with E-state index in [0.29, 0.717) is 34.8 Å². The Kier molecular flexibility index (Phi) is 12.9. The molecule has 0 amide bonds. The number of carbonyl (C=O) groups is 1. The van der Waals surface area contributed by atoms with Gasteiger partial charge in [0, 0.05) is 18.6 Å². The highest BCUT2D eigenvalue weighted by molar-refractivity contribution is 7.91. The molecule has 0 heterocycles. The number of Topliss-reactive ketones (excluding diaryl/α,β-unsaturated/α-hetero) is 1. The molecular weight excluding hydrogens is 592 g/mol. The van der Waals surface area contributed by atoms with Gasteiger partial charge in [0.25, 0.3) is 0 Å². The number of rotatable bonds is 17. The lowest BCUT2D eigenvalue weighted by molar-refractivity contribution is 0.0939. The van der Waals surface area contributed by atoms with Crippen molar-refractivity contribution in [1.29, 1.82) is 0 Å². The number of hydrogen-bond donors (Lipinski definition) is 1. The summed E-state index contributed by atoms with van der Waals surface area (Å²) in [5.41, 5.74) is 0.620. The molecule has 43 heavy (non-hydrogen) atoms. The van der Waals surface area contributed by atoms with Crippen molar-refractivity contribution in [3.8, 4) is 28.7 Å². The maximum atomic E-state index is 13.6. The van der Waals surface area contributed by atoms with Crippen LogP contribution in [0.25, 0.3) is 0 Å². The van der Waals surface area contributed by atoms with Gasteiger partial charge in [0.05, 0.1) is 46.9 Å². The normalized spacial score (nSPS) is 12.9. The highest BCUT2D eigenvalue weighted by Crippen LogP contribution is 2.41. The first-order valence-electron chi connectivity index (χ1n) is 14.3.